The van der Waals surface area contributed by atoms with Gasteiger partial charge in [0.05, 0.1) is 18.4 Å². The fraction of sp³-hybridized carbons (Fsp3) is 0.250. The Hall–Kier alpha value is -3.35. The Morgan fingerprint density at radius 1 is 1.22 bits per heavy atom. The second-order valence-electron chi connectivity index (χ2n) is 6.24. The van der Waals surface area contributed by atoms with Gasteiger partial charge in [-0.3, -0.25) is 4.79 Å². The first kappa shape index (κ1) is 18.4. The van der Waals surface area contributed by atoms with E-state index < -0.39 is 5.97 Å². The number of nitrogens with zero attached hydrogens (tertiary/aromatic N) is 2. The lowest BCUT2D eigenvalue weighted by molar-refractivity contribution is 0.0599. The summed E-state index contributed by atoms with van der Waals surface area (Å²) in [7, 11) is 1.32. The monoisotopic (exact) mass is 366 g/mol. The number of rotatable bonds is 6. The Kier molecular flexibility index (Phi) is 5.40. The van der Waals surface area contributed by atoms with Gasteiger partial charge in [0.25, 0.3) is 5.91 Å². The Balaban J connectivity index is 1.59. The van der Waals surface area contributed by atoms with E-state index in [1.165, 1.54) is 7.11 Å². The molecule has 0 atom stereocenters. The van der Waals surface area contributed by atoms with Gasteiger partial charge in [-0.1, -0.05) is 12.1 Å². The minimum atomic E-state index is -0.447. The molecule has 2 heterocycles. The van der Waals surface area contributed by atoms with Crippen molar-refractivity contribution >= 4 is 11.9 Å². The molecule has 7 nitrogen and oxygen atoms in total. The molecule has 0 saturated carbocycles. The minimum absolute atomic E-state index is 0.237. The summed E-state index contributed by atoms with van der Waals surface area (Å²) in [5.41, 5.74) is 4.12. The van der Waals surface area contributed by atoms with Gasteiger partial charge in [0, 0.05) is 24.6 Å². The highest BCUT2D eigenvalue weighted by atomic mass is 16.5. The molecule has 0 radical (unpaired) electrons. The predicted molar refractivity (Wildman–Crippen MR) is 101 cm³/mol. The number of aromatic amines is 1. The highest BCUT2D eigenvalue weighted by molar-refractivity contribution is 6.00. The molecule has 1 amide bonds. The first-order chi connectivity index (χ1) is 13.0. The summed E-state index contributed by atoms with van der Waals surface area (Å²) in [6, 6.07) is 9.89. The quantitative estimate of drug-likeness (QED) is 0.656. The molecule has 0 saturated heterocycles. The van der Waals surface area contributed by atoms with Crippen LogP contribution in [0.2, 0.25) is 0 Å². The predicted octanol–water partition coefficient (Wildman–Crippen LogP) is 2.58. The van der Waals surface area contributed by atoms with Gasteiger partial charge >= 0.3 is 5.97 Å². The van der Waals surface area contributed by atoms with Crippen LogP contribution < -0.4 is 5.32 Å². The maximum atomic E-state index is 12.4. The summed E-state index contributed by atoms with van der Waals surface area (Å²) in [5.74, 6) is -0.684. The molecule has 3 aromatic rings. The van der Waals surface area contributed by atoms with Crippen molar-refractivity contribution in [1.82, 2.24) is 20.1 Å². The van der Waals surface area contributed by atoms with E-state index in [2.05, 4.69) is 15.4 Å². The van der Waals surface area contributed by atoms with E-state index in [9.17, 15) is 9.59 Å². The van der Waals surface area contributed by atoms with Crippen molar-refractivity contribution in [3.63, 3.8) is 0 Å². The molecule has 2 aromatic heterocycles. The van der Waals surface area contributed by atoms with Crippen LogP contribution >= 0.6 is 0 Å². The van der Waals surface area contributed by atoms with Crippen LogP contribution in [0, 0.1) is 13.8 Å². The number of aromatic nitrogens is 3. The third kappa shape index (κ3) is 3.92. The maximum Gasteiger partial charge on any atom is 0.339 e. The number of carbonyl (C=O) groups is 2. The van der Waals surface area contributed by atoms with Crippen molar-refractivity contribution in [2.24, 2.45) is 0 Å². The van der Waals surface area contributed by atoms with Gasteiger partial charge in [0.1, 0.15) is 5.69 Å². The van der Waals surface area contributed by atoms with Gasteiger partial charge in [-0.05, 0) is 49.6 Å². The Morgan fingerprint density at radius 3 is 2.59 bits per heavy atom. The van der Waals surface area contributed by atoms with Gasteiger partial charge in [0.15, 0.2) is 0 Å². The Labute approximate surface area is 157 Å². The standard InChI is InChI=1S/C20H22N4O3/c1-13-17(20(26)27-3)14(2)23-18(13)19(25)21-11-9-15-5-7-16(8-6-15)24-12-4-10-22-24/h4-8,10,12,23H,9,11H2,1-3H3,(H,21,25). The van der Waals surface area contributed by atoms with E-state index in [0.29, 0.717) is 35.5 Å². The second kappa shape index (κ2) is 7.90. The van der Waals surface area contributed by atoms with E-state index in [-0.39, 0.29) is 5.91 Å². The van der Waals surface area contributed by atoms with Crippen LogP contribution in [-0.2, 0) is 11.2 Å². The number of H-pyrrole nitrogens is 1. The summed E-state index contributed by atoms with van der Waals surface area (Å²) >= 11 is 0. The number of methoxy groups -OCH3 is 1. The van der Waals surface area contributed by atoms with Crippen molar-refractivity contribution in [2.45, 2.75) is 20.3 Å². The Morgan fingerprint density at radius 2 is 1.96 bits per heavy atom. The smallest absolute Gasteiger partial charge is 0.339 e. The van der Waals surface area contributed by atoms with Crippen LogP contribution in [0.3, 0.4) is 0 Å². The molecule has 0 bridgehead atoms. The highest BCUT2D eigenvalue weighted by Gasteiger charge is 2.22. The molecule has 1 aromatic carbocycles. The largest absolute Gasteiger partial charge is 0.465 e. The molecular weight excluding hydrogens is 344 g/mol. The molecular formula is C20H22N4O3. The van der Waals surface area contributed by atoms with E-state index in [0.717, 1.165) is 11.3 Å². The number of hydrogen-bond acceptors (Lipinski definition) is 4. The zero-order valence-corrected chi connectivity index (χ0v) is 15.6. The Bertz CT molecular complexity index is 941. The summed E-state index contributed by atoms with van der Waals surface area (Å²) < 4.78 is 6.56. The minimum Gasteiger partial charge on any atom is -0.465 e. The zero-order chi connectivity index (χ0) is 19.4. The highest BCUT2D eigenvalue weighted by Crippen LogP contribution is 2.18. The molecule has 0 unspecified atom stereocenters. The summed E-state index contributed by atoms with van der Waals surface area (Å²) in [4.78, 5) is 27.2. The summed E-state index contributed by atoms with van der Waals surface area (Å²) in [6.45, 7) is 3.97. The molecule has 3 rings (SSSR count). The van der Waals surface area contributed by atoms with Gasteiger partial charge < -0.3 is 15.0 Å². The number of aryl methyl sites for hydroxylation is 1. The lowest BCUT2D eigenvalue weighted by Crippen LogP contribution is -2.26. The third-order valence-corrected chi connectivity index (χ3v) is 4.46. The van der Waals surface area contributed by atoms with E-state index in [1.54, 1.807) is 24.7 Å². The number of ether oxygens (including phenoxy) is 1. The molecule has 7 heteroatoms. The molecule has 27 heavy (non-hydrogen) atoms. The van der Waals surface area contributed by atoms with E-state index in [1.807, 2.05) is 36.5 Å². The van der Waals surface area contributed by atoms with Crippen LogP contribution in [0.25, 0.3) is 5.69 Å². The molecule has 0 fully saturated rings. The van der Waals surface area contributed by atoms with Crippen LogP contribution in [-0.4, -0.2) is 40.3 Å². The normalized spacial score (nSPS) is 10.6. The number of amides is 1. The van der Waals surface area contributed by atoms with Crippen LogP contribution in [0.15, 0.2) is 42.7 Å². The average Bonchev–Trinajstić information content (AvgIpc) is 3.30. The fourth-order valence-electron chi connectivity index (χ4n) is 3.03. The molecule has 140 valence electrons. The molecule has 0 spiro atoms. The number of benzene rings is 1. The zero-order valence-electron chi connectivity index (χ0n) is 15.6. The van der Waals surface area contributed by atoms with Gasteiger partial charge in [-0.2, -0.15) is 5.10 Å². The lowest BCUT2D eigenvalue weighted by atomic mass is 10.1. The molecule has 0 aliphatic carbocycles. The maximum absolute atomic E-state index is 12.4. The number of hydrogen-bond donors (Lipinski definition) is 2. The van der Waals surface area contributed by atoms with Crippen molar-refractivity contribution in [3.8, 4) is 5.69 Å². The number of nitrogens with one attached hydrogen (secondary N) is 2. The van der Waals surface area contributed by atoms with Crippen molar-refractivity contribution in [2.75, 3.05) is 13.7 Å². The van der Waals surface area contributed by atoms with Gasteiger partial charge in [-0.25, -0.2) is 9.48 Å². The topological polar surface area (TPSA) is 89.0 Å². The summed E-state index contributed by atoms with van der Waals surface area (Å²) in [6.07, 6.45) is 4.32. The van der Waals surface area contributed by atoms with E-state index in [4.69, 9.17) is 4.74 Å². The molecule has 0 aliphatic heterocycles. The molecule has 2 N–H and O–H groups in total. The SMILES string of the molecule is COC(=O)c1c(C)[nH]c(C(=O)NCCc2ccc(-n3cccn3)cc2)c1C. The van der Waals surface area contributed by atoms with Crippen LogP contribution in [0.4, 0.5) is 0 Å². The first-order valence-corrected chi connectivity index (χ1v) is 8.66. The van der Waals surface area contributed by atoms with Crippen LogP contribution in [0.5, 0.6) is 0 Å². The van der Waals surface area contributed by atoms with Crippen molar-refractivity contribution in [3.05, 3.63) is 70.8 Å². The number of esters is 1. The van der Waals surface area contributed by atoms with Crippen molar-refractivity contribution in [1.29, 1.82) is 0 Å². The van der Waals surface area contributed by atoms with Crippen molar-refractivity contribution < 1.29 is 14.3 Å². The summed E-state index contributed by atoms with van der Waals surface area (Å²) in [5, 5.41) is 7.08. The lowest BCUT2D eigenvalue weighted by Gasteiger charge is -2.07. The van der Waals surface area contributed by atoms with Gasteiger partial charge in [0.2, 0.25) is 0 Å². The van der Waals surface area contributed by atoms with Crippen LogP contribution in [0.1, 0.15) is 37.7 Å². The van der Waals surface area contributed by atoms with Gasteiger partial charge in [-0.15, -0.1) is 0 Å². The molecule has 0 aliphatic rings. The third-order valence-electron chi connectivity index (χ3n) is 4.46. The average molecular weight is 366 g/mol. The first-order valence-electron chi connectivity index (χ1n) is 8.66. The second-order valence-corrected chi connectivity index (χ2v) is 6.24. The fourth-order valence-corrected chi connectivity index (χ4v) is 3.03. The van der Waals surface area contributed by atoms with E-state index >= 15 is 0 Å². The number of carbonyl (C=O) groups excluding carboxylic acids is 2.